The van der Waals surface area contributed by atoms with E-state index < -0.39 is 0 Å². The van der Waals surface area contributed by atoms with Crippen LogP contribution in [0.25, 0.3) is 0 Å². The van der Waals surface area contributed by atoms with Gasteiger partial charge in [-0.05, 0) is 11.4 Å². The molecule has 0 aromatic carbocycles. The van der Waals surface area contributed by atoms with Crippen LogP contribution in [0, 0.1) is 0 Å². The van der Waals surface area contributed by atoms with Crippen LogP contribution in [0.3, 0.4) is 0 Å². The Morgan fingerprint density at radius 1 is 1.40 bits per heavy atom. The Morgan fingerprint density at radius 2 is 2.07 bits per heavy atom. The lowest BCUT2D eigenvalue weighted by Gasteiger charge is -1.90. The number of esters is 2. The smallest absolute Gasteiger partial charge is 0.348 e. The van der Waals surface area contributed by atoms with Crippen LogP contribution in [0.1, 0.15) is 9.67 Å². The molecule has 84 valence electrons. The molecule has 0 fully saturated rings. The highest BCUT2D eigenvalue weighted by Gasteiger charge is 2.03. The van der Waals surface area contributed by atoms with Gasteiger partial charge >= 0.3 is 11.9 Å². The fraction of sp³-hybridized carbons (Fsp3) is 0.333. The van der Waals surface area contributed by atoms with Crippen molar-refractivity contribution in [2.24, 2.45) is 0 Å². The minimum Gasteiger partial charge on any atom is -0.468 e. The Labute approximate surface area is 97.6 Å². The lowest BCUT2D eigenvalue weighted by Crippen LogP contribution is -1.99. The Morgan fingerprint density at radius 3 is 2.33 bits per heavy atom. The summed E-state index contributed by atoms with van der Waals surface area (Å²) < 4.78 is 8.65. The van der Waals surface area contributed by atoms with Crippen LogP contribution < -0.4 is 0 Å². The Kier molecular flexibility index (Phi) is 7.75. The van der Waals surface area contributed by atoms with Gasteiger partial charge in [0.1, 0.15) is 4.88 Å². The maximum Gasteiger partial charge on any atom is 0.348 e. The SMILES string of the molecule is COC(=O)CS.COC(=O)c1cccs1. The maximum absolute atomic E-state index is 10.7. The molecule has 1 aromatic rings. The predicted octanol–water partition coefficient (Wildman–Crippen LogP) is 1.62. The first-order valence-electron chi connectivity index (χ1n) is 3.95. The number of hydrogen-bond donors (Lipinski definition) is 1. The van der Waals surface area contributed by atoms with Gasteiger partial charge in [0.05, 0.1) is 20.0 Å². The van der Waals surface area contributed by atoms with E-state index in [0.717, 1.165) is 0 Å². The van der Waals surface area contributed by atoms with E-state index in [9.17, 15) is 9.59 Å². The number of thiophene rings is 1. The lowest BCUT2D eigenvalue weighted by atomic mass is 10.5. The third-order valence-electron chi connectivity index (χ3n) is 1.26. The van der Waals surface area contributed by atoms with Crippen molar-refractivity contribution in [3.8, 4) is 0 Å². The van der Waals surface area contributed by atoms with Gasteiger partial charge in [-0.2, -0.15) is 12.6 Å². The summed E-state index contributed by atoms with van der Waals surface area (Å²) in [7, 11) is 2.71. The lowest BCUT2D eigenvalue weighted by molar-refractivity contribution is -0.137. The van der Waals surface area contributed by atoms with E-state index in [0.29, 0.717) is 4.88 Å². The van der Waals surface area contributed by atoms with E-state index in [1.165, 1.54) is 25.6 Å². The summed E-state index contributed by atoms with van der Waals surface area (Å²) in [5, 5.41) is 1.84. The molecule has 0 aliphatic rings. The molecule has 4 nitrogen and oxygen atoms in total. The molecule has 0 spiro atoms. The predicted molar refractivity (Wildman–Crippen MR) is 61.5 cm³/mol. The first-order valence-corrected chi connectivity index (χ1v) is 5.46. The highest BCUT2D eigenvalue weighted by atomic mass is 32.1. The van der Waals surface area contributed by atoms with Gasteiger partial charge in [-0.15, -0.1) is 11.3 Å². The largest absolute Gasteiger partial charge is 0.468 e. The molecule has 0 N–H and O–H groups in total. The highest BCUT2D eigenvalue weighted by Crippen LogP contribution is 2.08. The van der Waals surface area contributed by atoms with E-state index in [1.54, 1.807) is 6.07 Å². The summed E-state index contributed by atoms with van der Waals surface area (Å²) in [6.45, 7) is 0. The minimum absolute atomic E-state index is 0.163. The molecular weight excluding hydrogens is 236 g/mol. The van der Waals surface area contributed by atoms with E-state index >= 15 is 0 Å². The maximum atomic E-state index is 10.7. The quantitative estimate of drug-likeness (QED) is 0.638. The molecule has 0 saturated heterocycles. The third-order valence-corrected chi connectivity index (χ3v) is 2.37. The molecule has 1 heterocycles. The van der Waals surface area contributed by atoms with Gasteiger partial charge in [0.2, 0.25) is 0 Å². The normalized spacial score (nSPS) is 8.47. The van der Waals surface area contributed by atoms with Gasteiger partial charge in [0, 0.05) is 0 Å². The van der Waals surface area contributed by atoms with Crippen LogP contribution in [0.4, 0.5) is 0 Å². The van der Waals surface area contributed by atoms with Crippen molar-refractivity contribution in [1.29, 1.82) is 0 Å². The first kappa shape index (κ1) is 14.0. The molecule has 0 atom stereocenters. The summed E-state index contributed by atoms with van der Waals surface area (Å²) in [4.78, 5) is 21.2. The van der Waals surface area contributed by atoms with Crippen LogP contribution >= 0.6 is 24.0 Å². The molecule has 0 aliphatic carbocycles. The van der Waals surface area contributed by atoms with Crippen LogP contribution in [0.5, 0.6) is 0 Å². The van der Waals surface area contributed by atoms with E-state index in [2.05, 4.69) is 22.1 Å². The summed E-state index contributed by atoms with van der Waals surface area (Å²) >= 11 is 5.00. The van der Waals surface area contributed by atoms with Gasteiger partial charge in [-0.25, -0.2) is 4.79 Å². The molecule has 6 heteroatoms. The monoisotopic (exact) mass is 248 g/mol. The Balaban J connectivity index is 0.000000288. The number of methoxy groups -OCH3 is 2. The molecule has 15 heavy (non-hydrogen) atoms. The van der Waals surface area contributed by atoms with Crippen molar-refractivity contribution in [3.63, 3.8) is 0 Å². The van der Waals surface area contributed by atoms with Crippen LogP contribution in [0.15, 0.2) is 17.5 Å². The second-order valence-corrected chi connectivity index (χ2v) is 3.47. The molecular formula is C9H12O4S2. The van der Waals surface area contributed by atoms with Crippen LogP contribution in [-0.4, -0.2) is 31.9 Å². The summed E-state index contributed by atoms with van der Waals surface area (Å²) in [5.74, 6) is -0.389. The minimum atomic E-state index is -0.293. The summed E-state index contributed by atoms with van der Waals surface area (Å²) in [5.41, 5.74) is 0. The van der Waals surface area contributed by atoms with Crippen molar-refractivity contribution < 1.29 is 19.1 Å². The Bertz CT molecular complexity index is 289. The van der Waals surface area contributed by atoms with Gasteiger partial charge in [0.15, 0.2) is 0 Å². The van der Waals surface area contributed by atoms with E-state index in [1.807, 2.05) is 11.4 Å². The third kappa shape index (κ3) is 6.14. The average molecular weight is 248 g/mol. The molecule has 0 amide bonds. The number of thiol groups is 1. The zero-order valence-corrected chi connectivity index (χ0v) is 10.1. The van der Waals surface area contributed by atoms with Gasteiger partial charge in [0.25, 0.3) is 0 Å². The van der Waals surface area contributed by atoms with Crippen LogP contribution in [-0.2, 0) is 14.3 Å². The fourth-order valence-corrected chi connectivity index (χ4v) is 1.33. The van der Waals surface area contributed by atoms with Gasteiger partial charge in [-0.3, -0.25) is 4.79 Å². The average Bonchev–Trinajstić information content (AvgIpc) is 2.81. The molecule has 0 bridgehead atoms. The molecule has 0 saturated carbocycles. The van der Waals surface area contributed by atoms with Crippen molar-refractivity contribution in [1.82, 2.24) is 0 Å². The zero-order valence-electron chi connectivity index (χ0n) is 8.43. The topological polar surface area (TPSA) is 52.6 Å². The molecule has 0 unspecified atom stereocenters. The highest BCUT2D eigenvalue weighted by molar-refractivity contribution is 7.81. The number of carbonyl (C=O) groups excluding carboxylic acids is 2. The number of ether oxygens (including phenoxy) is 2. The van der Waals surface area contributed by atoms with E-state index in [4.69, 9.17) is 0 Å². The van der Waals surface area contributed by atoms with E-state index in [-0.39, 0.29) is 17.7 Å². The standard InChI is InChI=1S/C6H6O2S.C3H6O2S/c1-8-6(7)5-3-2-4-9-5;1-5-3(4)2-6/h2-4H,1H3;6H,2H2,1H3. The van der Waals surface area contributed by atoms with Gasteiger partial charge < -0.3 is 9.47 Å². The molecule has 0 radical (unpaired) electrons. The second-order valence-electron chi connectivity index (χ2n) is 2.20. The number of carbonyl (C=O) groups is 2. The van der Waals surface area contributed by atoms with Gasteiger partial charge in [-0.1, -0.05) is 6.07 Å². The van der Waals surface area contributed by atoms with Crippen molar-refractivity contribution in [3.05, 3.63) is 22.4 Å². The number of hydrogen-bond acceptors (Lipinski definition) is 6. The molecule has 1 aromatic heterocycles. The van der Waals surface area contributed by atoms with Crippen molar-refractivity contribution in [2.45, 2.75) is 0 Å². The van der Waals surface area contributed by atoms with Crippen molar-refractivity contribution in [2.75, 3.05) is 20.0 Å². The summed E-state index contributed by atoms with van der Waals surface area (Å²) in [6, 6.07) is 3.55. The molecule has 0 aliphatic heterocycles. The number of rotatable bonds is 2. The Hall–Kier alpha value is -1.01. The zero-order chi connectivity index (χ0) is 11.7. The fourth-order valence-electron chi connectivity index (χ4n) is 0.560. The summed E-state index contributed by atoms with van der Waals surface area (Å²) in [6.07, 6.45) is 0. The second kappa shape index (κ2) is 8.31. The van der Waals surface area contributed by atoms with Crippen molar-refractivity contribution >= 4 is 35.9 Å². The molecule has 1 rings (SSSR count). The first-order chi connectivity index (χ1) is 7.15. The van der Waals surface area contributed by atoms with Crippen LogP contribution in [0.2, 0.25) is 0 Å².